The molecule has 0 aliphatic carbocycles. The van der Waals surface area contributed by atoms with Crippen molar-refractivity contribution >= 4 is 18.0 Å². The number of aromatic nitrogens is 1. The van der Waals surface area contributed by atoms with Crippen LogP contribution in [0.5, 0.6) is 11.5 Å². The third-order valence-corrected chi connectivity index (χ3v) is 5.80. The van der Waals surface area contributed by atoms with Gasteiger partial charge in [-0.05, 0) is 5.56 Å². The summed E-state index contributed by atoms with van der Waals surface area (Å²) < 4.78 is 22.2. The number of anilines is 1. The number of amides is 2. The zero-order valence-electron chi connectivity index (χ0n) is 17.0. The lowest BCUT2D eigenvalue weighted by Crippen LogP contribution is -2.48. The number of hydrogen-bond donors (Lipinski definition) is 0. The van der Waals surface area contributed by atoms with Gasteiger partial charge in [-0.25, -0.2) is 14.6 Å². The molecule has 3 aliphatic heterocycles. The van der Waals surface area contributed by atoms with Gasteiger partial charge in [0.05, 0.1) is 12.7 Å². The number of carbonyl (C=O) groups is 2. The van der Waals surface area contributed by atoms with E-state index in [0.29, 0.717) is 63.0 Å². The van der Waals surface area contributed by atoms with Crippen molar-refractivity contribution in [1.82, 2.24) is 9.88 Å². The van der Waals surface area contributed by atoms with Crippen LogP contribution >= 0.6 is 0 Å². The Morgan fingerprint density at radius 1 is 1.10 bits per heavy atom. The van der Waals surface area contributed by atoms with Crippen LogP contribution in [0.25, 0.3) is 0 Å². The number of pyridine rings is 1. The smallest absolute Gasteiger partial charge is 0.416 e. The SMILES string of the molecule is O=C(OCc1ccccc1)N1CCC2(CC1)CN(c1cc3c(cn1)OCCO3)C(=O)O2. The number of fused-ring (bicyclic) bond motifs is 1. The molecule has 9 nitrogen and oxygen atoms in total. The van der Waals surface area contributed by atoms with Crippen LogP contribution in [0.15, 0.2) is 42.6 Å². The molecule has 3 aliphatic rings. The predicted octanol–water partition coefficient (Wildman–Crippen LogP) is 2.98. The van der Waals surface area contributed by atoms with E-state index in [4.69, 9.17) is 18.9 Å². The standard InChI is InChI=1S/C22H23N3O6/c26-20(30-14-16-4-2-1-3-5-16)24-8-6-22(7-9-24)15-25(21(27)31-22)19-12-17-18(13-23-19)29-11-10-28-17/h1-5,12-13H,6-11,14-15H2. The number of rotatable bonds is 3. The van der Waals surface area contributed by atoms with Crippen molar-refractivity contribution in [1.29, 1.82) is 0 Å². The van der Waals surface area contributed by atoms with E-state index < -0.39 is 11.7 Å². The molecule has 0 atom stereocenters. The van der Waals surface area contributed by atoms with Gasteiger partial charge in [-0.3, -0.25) is 4.90 Å². The summed E-state index contributed by atoms with van der Waals surface area (Å²) in [4.78, 5) is 32.5. The molecule has 0 saturated carbocycles. The van der Waals surface area contributed by atoms with Crippen molar-refractivity contribution in [3.05, 3.63) is 48.2 Å². The predicted molar refractivity (Wildman–Crippen MR) is 109 cm³/mol. The number of piperidine rings is 1. The summed E-state index contributed by atoms with van der Waals surface area (Å²) in [5.74, 6) is 1.61. The van der Waals surface area contributed by atoms with Crippen LogP contribution in [0.1, 0.15) is 18.4 Å². The largest absolute Gasteiger partial charge is 0.486 e. The molecule has 2 amide bonds. The quantitative estimate of drug-likeness (QED) is 0.747. The summed E-state index contributed by atoms with van der Waals surface area (Å²) >= 11 is 0. The van der Waals surface area contributed by atoms with Crippen molar-refractivity contribution in [2.75, 3.05) is 37.7 Å². The molecule has 1 aromatic heterocycles. The van der Waals surface area contributed by atoms with E-state index in [-0.39, 0.29) is 12.7 Å². The van der Waals surface area contributed by atoms with E-state index in [2.05, 4.69) is 4.98 Å². The minimum atomic E-state index is -0.637. The fourth-order valence-corrected chi connectivity index (χ4v) is 4.05. The van der Waals surface area contributed by atoms with Gasteiger partial charge < -0.3 is 23.8 Å². The molecule has 0 unspecified atom stereocenters. The van der Waals surface area contributed by atoms with Crippen molar-refractivity contribution < 1.29 is 28.5 Å². The van der Waals surface area contributed by atoms with Gasteiger partial charge in [0.25, 0.3) is 0 Å². The second-order valence-corrected chi connectivity index (χ2v) is 7.85. The van der Waals surface area contributed by atoms with E-state index in [1.165, 1.54) is 4.90 Å². The minimum absolute atomic E-state index is 0.236. The summed E-state index contributed by atoms with van der Waals surface area (Å²) in [7, 11) is 0. The molecule has 0 radical (unpaired) electrons. The number of ether oxygens (including phenoxy) is 4. The Labute approximate surface area is 179 Å². The second-order valence-electron chi connectivity index (χ2n) is 7.85. The number of benzene rings is 1. The monoisotopic (exact) mass is 425 g/mol. The highest BCUT2D eigenvalue weighted by Crippen LogP contribution is 2.38. The molecular weight excluding hydrogens is 402 g/mol. The topological polar surface area (TPSA) is 90.4 Å². The van der Waals surface area contributed by atoms with Gasteiger partial charge in [-0.15, -0.1) is 0 Å². The second kappa shape index (κ2) is 7.98. The van der Waals surface area contributed by atoms with E-state index >= 15 is 0 Å². The van der Waals surface area contributed by atoms with Crippen LogP contribution in [0.3, 0.4) is 0 Å². The zero-order chi connectivity index (χ0) is 21.3. The van der Waals surface area contributed by atoms with Crippen LogP contribution < -0.4 is 14.4 Å². The average molecular weight is 425 g/mol. The van der Waals surface area contributed by atoms with E-state index in [1.54, 1.807) is 17.2 Å². The van der Waals surface area contributed by atoms with Crippen LogP contribution in [-0.4, -0.2) is 60.5 Å². The van der Waals surface area contributed by atoms with E-state index in [0.717, 1.165) is 5.56 Å². The van der Waals surface area contributed by atoms with Gasteiger partial charge in [0.15, 0.2) is 11.5 Å². The molecule has 2 fully saturated rings. The summed E-state index contributed by atoms with van der Waals surface area (Å²) in [5.41, 5.74) is 0.305. The Balaban J connectivity index is 1.19. The first kappa shape index (κ1) is 19.5. The molecule has 162 valence electrons. The first-order chi connectivity index (χ1) is 15.1. The molecule has 1 spiro atoms. The minimum Gasteiger partial charge on any atom is -0.486 e. The summed E-state index contributed by atoms with van der Waals surface area (Å²) in [6.07, 6.45) is 1.85. The molecule has 2 aromatic rings. The molecule has 1 aromatic carbocycles. The maximum atomic E-state index is 12.6. The molecule has 0 bridgehead atoms. The lowest BCUT2D eigenvalue weighted by Gasteiger charge is -2.36. The van der Waals surface area contributed by atoms with Gasteiger partial charge in [0.2, 0.25) is 0 Å². The summed E-state index contributed by atoms with van der Waals surface area (Å²) in [6.45, 7) is 2.48. The summed E-state index contributed by atoms with van der Waals surface area (Å²) in [5, 5.41) is 0. The van der Waals surface area contributed by atoms with Crippen molar-refractivity contribution in [2.45, 2.75) is 25.0 Å². The number of likely N-dealkylation sites (tertiary alicyclic amines) is 1. The van der Waals surface area contributed by atoms with Gasteiger partial charge >= 0.3 is 12.2 Å². The van der Waals surface area contributed by atoms with Gasteiger partial charge in [0, 0.05) is 32.0 Å². The number of nitrogens with zero attached hydrogens (tertiary/aromatic N) is 3. The highest BCUT2D eigenvalue weighted by Gasteiger charge is 2.48. The van der Waals surface area contributed by atoms with E-state index in [9.17, 15) is 9.59 Å². The third kappa shape index (κ3) is 3.95. The molecular formula is C22H23N3O6. The normalized spacial score (nSPS) is 19.3. The third-order valence-electron chi connectivity index (χ3n) is 5.80. The van der Waals surface area contributed by atoms with Crippen LogP contribution in [-0.2, 0) is 16.1 Å². The Hall–Kier alpha value is -3.49. The molecule has 2 saturated heterocycles. The van der Waals surface area contributed by atoms with Crippen LogP contribution in [0, 0.1) is 0 Å². The lowest BCUT2D eigenvalue weighted by atomic mass is 9.91. The van der Waals surface area contributed by atoms with Crippen molar-refractivity contribution in [2.24, 2.45) is 0 Å². The molecule has 4 heterocycles. The Kier molecular flexibility index (Phi) is 5.01. The van der Waals surface area contributed by atoms with Gasteiger partial charge in [-0.1, -0.05) is 30.3 Å². The molecule has 5 rings (SSSR count). The maximum Gasteiger partial charge on any atom is 0.416 e. The van der Waals surface area contributed by atoms with Crippen molar-refractivity contribution in [3.63, 3.8) is 0 Å². The fourth-order valence-electron chi connectivity index (χ4n) is 4.05. The Morgan fingerprint density at radius 2 is 1.84 bits per heavy atom. The Bertz CT molecular complexity index is 974. The molecule has 9 heteroatoms. The maximum absolute atomic E-state index is 12.6. The van der Waals surface area contributed by atoms with Gasteiger partial charge in [0.1, 0.15) is 31.2 Å². The highest BCUT2D eigenvalue weighted by atomic mass is 16.6. The summed E-state index contributed by atoms with van der Waals surface area (Å²) in [6, 6.07) is 11.3. The van der Waals surface area contributed by atoms with Crippen molar-refractivity contribution in [3.8, 4) is 11.5 Å². The average Bonchev–Trinajstić information content (AvgIpc) is 3.13. The lowest BCUT2D eigenvalue weighted by molar-refractivity contribution is -0.00108. The molecule has 0 N–H and O–H groups in total. The fraction of sp³-hybridized carbons (Fsp3) is 0.409. The van der Waals surface area contributed by atoms with E-state index in [1.807, 2.05) is 30.3 Å². The number of carbonyl (C=O) groups excluding carboxylic acids is 2. The highest BCUT2D eigenvalue weighted by molar-refractivity contribution is 5.89. The first-order valence-electron chi connectivity index (χ1n) is 10.3. The van der Waals surface area contributed by atoms with Crippen LogP contribution in [0.2, 0.25) is 0 Å². The van der Waals surface area contributed by atoms with Crippen LogP contribution in [0.4, 0.5) is 15.4 Å². The number of hydrogen-bond acceptors (Lipinski definition) is 7. The Morgan fingerprint density at radius 3 is 2.61 bits per heavy atom. The first-order valence-corrected chi connectivity index (χ1v) is 10.3. The zero-order valence-corrected chi connectivity index (χ0v) is 17.0. The van der Waals surface area contributed by atoms with Gasteiger partial charge in [-0.2, -0.15) is 0 Å². The molecule has 31 heavy (non-hydrogen) atoms.